The Morgan fingerprint density at radius 2 is 2.10 bits per heavy atom. The van der Waals surface area contributed by atoms with E-state index in [1.165, 1.54) is 19.1 Å². The Morgan fingerprint density at radius 1 is 1.43 bits per heavy atom. The molecule has 7 nitrogen and oxygen atoms in total. The molecule has 10 heteroatoms. The maximum Gasteiger partial charge on any atom is 0.335 e. The van der Waals surface area contributed by atoms with Gasteiger partial charge in [-0.1, -0.05) is 22.9 Å². The lowest BCUT2D eigenvalue weighted by Gasteiger charge is -2.09. The van der Waals surface area contributed by atoms with Gasteiger partial charge in [-0.15, -0.1) is 0 Å². The third kappa shape index (κ3) is 3.26. The molecule has 0 aliphatic heterocycles. The fraction of sp³-hybridized carbons (Fsp3) is 0.0909. The number of sulfonamides is 1. The minimum absolute atomic E-state index is 0.0296. The van der Waals surface area contributed by atoms with Crippen LogP contribution in [-0.2, 0) is 10.0 Å². The predicted molar refractivity (Wildman–Crippen MR) is 78.9 cm³/mol. The average molecular weight is 349 g/mol. The fourth-order valence-electron chi connectivity index (χ4n) is 1.57. The Bertz CT molecular complexity index is 869. The summed E-state index contributed by atoms with van der Waals surface area (Å²) in [4.78, 5) is 23.8. The largest absolute Gasteiger partial charge is 0.478 e. The van der Waals surface area contributed by atoms with Gasteiger partial charge in [0.1, 0.15) is 0 Å². The third-order valence-corrected chi connectivity index (χ3v) is 5.77. The van der Waals surface area contributed by atoms with Crippen molar-refractivity contribution in [2.24, 2.45) is 0 Å². The molecular weight excluding hydrogens is 340 g/mol. The van der Waals surface area contributed by atoms with Crippen molar-refractivity contribution >= 4 is 44.6 Å². The first-order chi connectivity index (χ1) is 9.70. The maximum atomic E-state index is 12.2. The quantitative estimate of drug-likeness (QED) is 0.780. The van der Waals surface area contributed by atoms with Crippen molar-refractivity contribution in [1.29, 1.82) is 0 Å². The lowest BCUT2D eigenvalue weighted by Crippen LogP contribution is -2.13. The number of hydrogen-bond donors (Lipinski definition) is 3. The fourth-order valence-corrected chi connectivity index (χ4v) is 4.23. The van der Waals surface area contributed by atoms with E-state index in [2.05, 4.69) is 9.71 Å². The van der Waals surface area contributed by atoms with E-state index in [0.29, 0.717) is 11.3 Å². The topological polar surface area (TPSA) is 116 Å². The first-order valence-electron chi connectivity index (χ1n) is 5.46. The van der Waals surface area contributed by atoms with Crippen LogP contribution in [-0.4, -0.2) is 24.5 Å². The van der Waals surface area contributed by atoms with Gasteiger partial charge in [-0.05, 0) is 25.1 Å². The SMILES string of the molecule is Cc1[nH]c(=O)sc1S(=O)(=O)Nc1ccc(C(=O)O)cc1Cl. The standard InChI is InChI=1S/C11H9ClN2O5S2/c1-5-10(20-11(17)13-5)21(18,19)14-8-3-2-6(9(15)16)4-7(8)12/h2-4,14H,1H3,(H,13,17)(H,15,16). The van der Waals surface area contributed by atoms with Crippen LogP contribution in [0.15, 0.2) is 27.2 Å². The van der Waals surface area contributed by atoms with Gasteiger partial charge in [0, 0.05) is 5.69 Å². The molecule has 0 amide bonds. The van der Waals surface area contributed by atoms with Gasteiger partial charge in [-0.3, -0.25) is 9.52 Å². The summed E-state index contributed by atoms with van der Waals surface area (Å²) in [6.07, 6.45) is 0. The van der Waals surface area contributed by atoms with E-state index in [0.717, 1.165) is 6.07 Å². The summed E-state index contributed by atoms with van der Waals surface area (Å²) in [6.45, 7) is 1.46. The number of carboxylic acid groups (broad SMARTS) is 1. The molecule has 2 rings (SSSR count). The summed E-state index contributed by atoms with van der Waals surface area (Å²) in [6, 6.07) is 3.60. The highest BCUT2D eigenvalue weighted by Crippen LogP contribution is 2.27. The average Bonchev–Trinajstić information content (AvgIpc) is 2.71. The van der Waals surface area contributed by atoms with Crippen LogP contribution < -0.4 is 9.60 Å². The zero-order valence-electron chi connectivity index (χ0n) is 10.5. The number of thiazole rings is 1. The molecule has 2 aromatic rings. The van der Waals surface area contributed by atoms with Crippen LogP contribution in [0.5, 0.6) is 0 Å². The molecule has 112 valence electrons. The number of anilines is 1. The first kappa shape index (κ1) is 15.5. The molecule has 0 radical (unpaired) electrons. The summed E-state index contributed by atoms with van der Waals surface area (Å²) in [7, 11) is -3.97. The number of benzene rings is 1. The van der Waals surface area contributed by atoms with Gasteiger partial charge in [-0.25, -0.2) is 13.2 Å². The minimum Gasteiger partial charge on any atom is -0.478 e. The van der Waals surface area contributed by atoms with Crippen LogP contribution in [0.1, 0.15) is 16.1 Å². The Kier molecular flexibility index (Phi) is 4.08. The molecular formula is C11H9ClN2O5S2. The molecule has 21 heavy (non-hydrogen) atoms. The second-order valence-electron chi connectivity index (χ2n) is 4.03. The van der Waals surface area contributed by atoms with Crippen molar-refractivity contribution < 1.29 is 18.3 Å². The Morgan fingerprint density at radius 3 is 2.57 bits per heavy atom. The van der Waals surface area contributed by atoms with Gasteiger partial charge in [0.2, 0.25) is 0 Å². The number of aromatic nitrogens is 1. The second-order valence-corrected chi connectivity index (χ2v) is 7.30. The van der Waals surface area contributed by atoms with Crippen LogP contribution in [0.4, 0.5) is 5.69 Å². The van der Waals surface area contributed by atoms with E-state index in [4.69, 9.17) is 16.7 Å². The van der Waals surface area contributed by atoms with Crippen molar-refractivity contribution in [3.63, 3.8) is 0 Å². The van der Waals surface area contributed by atoms with Crippen LogP contribution in [0.2, 0.25) is 5.02 Å². The molecule has 0 saturated carbocycles. The highest BCUT2D eigenvalue weighted by molar-refractivity contribution is 7.94. The number of hydrogen-bond acceptors (Lipinski definition) is 5. The normalized spacial score (nSPS) is 11.3. The molecule has 0 aliphatic rings. The van der Waals surface area contributed by atoms with Crippen LogP contribution in [0, 0.1) is 6.92 Å². The summed E-state index contributed by atoms with van der Waals surface area (Å²) in [5.41, 5.74) is 0.183. The zero-order chi connectivity index (χ0) is 15.8. The Hall–Kier alpha value is -1.84. The van der Waals surface area contributed by atoms with E-state index in [1.807, 2.05) is 0 Å². The van der Waals surface area contributed by atoms with Crippen LogP contribution in [0.25, 0.3) is 0 Å². The van der Waals surface area contributed by atoms with Gasteiger partial charge >= 0.3 is 10.8 Å². The van der Waals surface area contributed by atoms with Gasteiger partial charge in [-0.2, -0.15) is 0 Å². The number of nitrogens with one attached hydrogen (secondary N) is 2. The summed E-state index contributed by atoms with van der Waals surface area (Å²) in [5.74, 6) is -1.17. The molecule has 0 unspecified atom stereocenters. The predicted octanol–water partition coefficient (Wildman–Crippen LogP) is 1.90. The molecule has 3 N–H and O–H groups in total. The summed E-state index contributed by atoms with van der Waals surface area (Å²) in [5, 5.41) is 8.76. The number of carbonyl (C=O) groups is 1. The van der Waals surface area contributed by atoms with Gasteiger partial charge in [0.15, 0.2) is 4.21 Å². The number of aromatic amines is 1. The monoisotopic (exact) mass is 348 g/mol. The Labute approximate surface area is 128 Å². The number of aryl methyl sites for hydroxylation is 1. The third-order valence-electron chi connectivity index (χ3n) is 2.49. The molecule has 0 atom stereocenters. The highest BCUT2D eigenvalue weighted by Gasteiger charge is 2.22. The Balaban J connectivity index is 2.40. The zero-order valence-corrected chi connectivity index (χ0v) is 12.9. The minimum atomic E-state index is -3.97. The molecule has 1 aromatic carbocycles. The maximum absolute atomic E-state index is 12.2. The highest BCUT2D eigenvalue weighted by atomic mass is 35.5. The van der Waals surface area contributed by atoms with E-state index < -0.39 is 20.9 Å². The number of H-pyrrole nitrogens is 1. The molecule has 0 fully saturated rings. The van der Waals surface area contributed by atoms with E-state index in [9.17, 15) is 18.0 Å². The van der Waals surface area contributed by atoms with E-state index in [-0.39, 0.29) is 26.2 Å². The van der Waals surface area contributed by atoms with Crippen LogP contribution >= 0.6 is 22.9 Å². The molecule has 0 aliphatic carbocycles. The number of rotatable bonds is 4. The van der Waals surface area contributed by atoms with Gasteiger partial charge in [0.05, 0.1) is 16.3 Å². The van der Waals surface area contributed by atoms with Crippen molar-refractivity contribution in [3.8, 4) is 0 Å². The molecule has 0 bridgehead atoms. The lowest BCUT2D eigenvalue weighted by molar-refractivity contribution is 0.0697. The van der Waals surface area contributed by atoms with Gasteiger partial charge < -0.3 is 10.1 Å². The van der Waals surface area contributed by atoms with Gasteiger partial charge in [0.25, 0.3) is 10.0 Å². The number of carboxylic acids is 1. The van der Waals surface area contributed by atoms with Crippen molar-refractivity contribution in [2.75, 3.05) is 4.72 Å². The van der Waals surface area contributed by atoms with Crippen LogP contribution in [0.3, 0.4) is 0 Å². The molecule has 1 heterocycles. The molecule has 0 saturated heterocycles. The second kappa shape index (κ2) is 5.51. The molecule has 1 aromatic heterocycles. The lowest BCUT2D eigenvalue weighted by atomic mass is 10.2. The molecule has 0 spiro atoms. The summed E-state index contributed by atoms with van der Waals surface area (Å²) >= 11 is 6.41. The van der Waals surface area contributed by atoms with Crippen molar-refractivity contribution in [1.82, 2.24) is 4.98 Å². The van der Waals surface area contributed by atoms with E-state index >= 15 is 0 Å². The summed E-state index contributed by atoms with van der Waals surface area (Å²) < 4.78 is 26.4. The van der Waals surface area contributed by atoms with Crippen molar-refractivity contribution in [3.05, 3.63) is 44.1 Å². The smallest absolute Gasteiger partial charge is 0.335 e. The van der Waals surface area contributed by atoms with E-state index in [1.54, 1.807) is 0 Å². The number of aromatic carboxylic acids is 1. The first-order valence-corrected chi connectivity index (χ1v) is 8.14. The van der Waals surface area contributed by atoms with Crippen molar-refractivity contribution in [2.45, 2.75) is 11.1 Å². The number of halogens is 1.